The zero-order valence-corrected chi connectivity index (χ0v) is 15.1. The first-order valence-electron chi connectivity index (χ1n) is 8.99. The molecule has 28 heavy (non-hydrogen) atoms. The molecular formula is C18H19N7O3. The van der Waals surface area contributed by atoms with Gasteiger partial charge < -0.3 is 5.32 Å². The number of aromatic nitrogens is 4. The molecule has 0 radical (unpaired) electrons. The van der Waals surface area contributed by atoms with E-state index in [1.165, 1.54) is 24.5 Å². The van der Waals surface area contributed by atoms with Crippen molar-refractivity contribution in [2.75, 3.05) is 18.4 Å². The van der Waals surface area contributed by atoms with Crippen molar-refractivity contribution in [2.45, 2.75) is 19.5 Å². The van der Waals surface area contributed by atoms with E-state index in [0.717, 1.165) is 30.3 Å². The van der Waals surface area contributed by atoms with Crippen LogP contribution in [0.2, 0.25) is 0 Å². The maximum Gasteiger partial charge on any atom is 0.270 e. The highest BCUT2D eigenvalue weighted by molar-refractivity contribution is 5.91. The molecule has 4 rings (SSSR count). The molecule has 0 spiro atoms. The van der Waals surface area contributed by atoms with Gasteiger partial charge in [0.2, 0.25) is 5.91 Å². The van der Waals surface area contributed by atoms with Crippen LogP contribution in [0.1, 0.15) is 12.8 Å². The zero-order chi connectivity index (χ0) is 19.5. The lowest BCUT2D eigenvalue weighted by atomic mass is 9.97. The molecule has 144 valence electrons. The second-order valence-corrected chi connectivity index (χ2v) is 6.78. The number of nitro benzene ring substituents is 1. The third-order valence-electron chi connectivity index (χ3n) is 4.86. The van der Waals surface area contributed by atoms with Crippen molar-refractivity contribution >= 4 is 28.3 Å². The standard InChI is InChI=1S/C18H19N7O3/c26-18(22-17-10-19-5-6-20-17)13-2-1-7-23(11-13)12-24-16-4-3-15(25(27)28)8-14(16)9-21-24/h3-6,8-10,13H,1-2,7,11-12H2,(H,20,22,26)/t13-/m1/s1. The van der Waals surface area contributed by atoms with Crippen LogP contribution < -0.4 is 5.32 Å². The number of amides is 1. The Balaban J connectivity index is 1.43. The van der Waals surface area contributed by atoms with Crippen LogP contribution in [0.3, 0.4) is 0 Å². The highest BCUT2D eigenvalue weighted by Crippen LogP contribution is 2.23. The molecule has 1 N–H and O–H groups in total. The van der Waals surface area contributed by atoms with E-state index in [-0.39, 0.29) is 17.5 Å². The van der Waals surface area contributed by atoms with Crippen LogP contribution >= 0.6 is 0 Å². The number of anilines is 1. The SMILES string of the molecule is O=C(Nc1cnccn1)[C@@H]1CCCN(Cn2ncc3cc([N+](=O)[O-])ccc32)C1. The molecule has 1 amide bonds. The van der Waals surface area contributed by atoms with Crippen LogP contribution in [0.25, 0.3) is 10.9 Å². The second kappa shape index (κ2) is 7.69. The Labute approximate surface area is 160 Å². The molecule has 1 aromatic carbocycles. The van der Waals surface area contributed by atoms with Crippen molar-refractivity contribution in [1.29, 1.82) is 0 Å². The Morgan fingerprint density at radius 1 is 1.32 bits per heavy atom. The lowest BCUT2D eigenvalue weighted by molar-refractivity contribution is -0.384. The molecule has 10 heteroatoms. The third kappa shape index (κ3) is 3.81. The normalized spacial score (nSPS) is 17.5. The molecule has 0 unspecified atom stereocenters. The van der Waals surface area contributed by atoms with Gasteiger partial charge in [0.1, 0.15) is 0 Å². The minimum absolute atomic E-state index is 0.0470. The zero-order valence-electron chi connectivity index (χ0n) is 15.1. The molecule has 2 aromatic heterocycles. The monoisotopic (exact) mass is 381 g/mol. The Morgan fingerprint density at radius 2 is 2.21 bits per heavy atom. The van der Waals surface area contributed by atoms with E-state index in [1.807, 2.05) is 4.68 Å². The Hall–Kier alpha value is -3.40. The van der Waals surface area contributed by atoms with Crippen molar-refractivity contribution in [3.63, 3.8) is 0 Å². The molecule has 3 heterocycles. The van der Waals surface area contributed by atoms with Gasteiger partial charge in [0.15, 0.2) is 5.82 Å². The number of nitro groups is 1. The molecule has 1 aliphatic rings. The van der Waals surface area contributed by atoms with Gasteiger partial charge in [0.05, 0.1) is 35.4 Å². The summed E-state index contributed by atoms with van der Waals surface area (Å²) in [5, 5.41) is 18.8. The van der Waals surface area contributed by atoms with Gasteiger partial charge in [-0.3, -0.25) is 29.5 Å². The van der Waals surface area contributed by atoms with E-state index in [0.29, 0.717) is 19.0 Å². The number of piperidine rings is 1. The lowest BCUT2D eigenvalue weighted by Crippen LogP contribution is -2.41. The maximum absolute atomic E-state index is 12.5. The van der Waals surface area contributed by atoms with Crippen LogP contribution in [0.4, 0.5) is 11.5 Å². The summed E-state index contributed by atoms with van der Waals surface area (Å²) in [6.45, 7) is 2.00. The summed E-state index contributed by atoms with van der Waals surface area (Å²) >= 11 is 0. The quantitative estimate of drug-likeness (QED) is 0.530. The second-order valence-electron chi connectivity index (χ2n) is 6.78. The average molecular weight is 381 g/mol. The number of carbonyl (C=O) groups excluding carboxylic acids is 1. The minimum atomic E-state index is -0.415. The molecule has 0 bridgehead atoms. The summed E-state index contributed by atoms with van der Waals surface area (Å²) in [6, 6.07) is 4.71. The van der Waals surface area contributed by atoms with E-state index < -0.39 is 4.92 Å². The average Bonchev–Trinajstić information content (AvgIpc) is 3.11. The molecule has 3 aromatic rings. The molecule has 1 fully saturated rings. The first-order chi connectivity index (χ1) is 13.6. The molecule has 1 atom stereocenters. The summed E-state index contributed by atoms with van der Waals surface area (Å²) < 4.78 is 1.81. The molecular weight excluding hydrogens is 362 g/mol. The number of hydrogen-bond acceptors (Lipinski definition) is 7. The number of non-ortho nitro benzene ring substituents is 1. The van der Waals surface area contributed by atoms with Crippen molar-refractivity contribution in [3.05, 3.63) is 53.1 Å². The topological polar surface area (TPSA) is 119 Å². The van der Waals surface area contributed by atoms with Gasteiger partial charge in [-0.15, -0.1) is 0 Å². The lowest BCUT2D eigenvalue weighted by Gasteiger charge is -2.31. The van der Waals surface area contributed by atoms with Crippen molar-refractivity contribution in [1.82, 2.24) is 24.6 Å². The fourth-order valence-corrected chi connectivity index (χ4v) is 3.48. The number of carbonyl (C=O) groups is 1. The fraction of sp³-hybridized carbons (Fsp3) is 0.333. The summed E-state index contributed by atoms with van der Waals surface area (Å²) in [7, 11) is 0. The van der Waals surface area contributed by atoms with Gasteiger partial charge in [0, 0.05) is 36.5 Å². The van der Waals surface area contributed by atoms with Crippen LogP contribution in [-0.4, -0.2) is 48.6 Å². The highest BCUT2D eigenvalue weighted by Gasteiger charge is 2.26. The van der Waals surface area contributed by atoms with Crippen molar-refractivity contribution in [2.24, 2.45) is 5.92 Å². The maximum atomic E-state index is 12.5. The van der Waals surface area contributed by atoms with E-state index in [2.05, 4.69) is 25.3 Å². The van der Waals surface area contributed by atoms with Gasteiger partial charge in [-0.2, -0.15) is 5.10 Å². The number of fused-ring (bicyclic) bond motifs is 1. The number of hydrogen-bond donors (Lipinski definition) is 1. The van der Waals surface area contributed by atoms with Crippen LogP contribution in [0.15, 0.2) is 43.0 Å². The number of rotatable bonds is 5. The number of likely N-dealkylation sites (tertiary alicyclic amines) is 1. The first-order valence-corrected chi connectivity index (χ1v) is 8.99. The van der Waals surface area contributed by atoms with E-state index in [9.17, 15) is 14.9 Å². The van der Waals surface area contributed by atoms with Gasteiger partial charge in [0.25, 0.3) is 5.69 Å². The van der Waals surface area contributed by atoms with E-state index in [1.54, 1.807) is 18.5 Å². The molecule has 1 saturated heterocycles. The summed E-state index contributed by atoms with van der Waals surface area (Å²) in [5.74, 6) is 0.245. The van der Waals surface area contributed by atoms with Gasteiger partial charge in [-0.25, -0.2) is 4.98 Å². The van der Waals surface area contributed by atoms with Gasteiger partial charge in [-0.1, -0.05) is 0 Å². The highest BCUT2D eigenvalue weighted by atomic mass is 16.6. The Morgan fingerprint density at radius 3 is 3.00 bits per heavy atom. The summed E-state index contributed by atoms with van der Waals surface area (Å²) in [4.78, 5) is 33.2. The predicted octanol–water partition coefficient (Wildman–Crippen LogP) is 2.04. The molecule has 0 saturated carbocycles. The minimum Gasteiger partial charge on any atom is -0.309 e. The predicted molar refractivity (Wildman–Crippen MR) is 101 cm³/mol. The van der Waals surface area contributed by atoms with Crippen molar-refractivity contribution in [3.8, 4) is 0 Å². The molecule has 10 nitrogen and oxygen atoms in total. The van der Waals surface area contributed by atoms with Gasteiger partial charge >= 0.3 is 0 Å². The van der Waals surface area contributed by atoms with E-state index >= 15 is 0 Å². The summed E-state index contributed by atoms with van der Waals surface area (Å²) in [6.07, 6.45) is 7.97. The molecule has 0 aliphatic carbocycles. The molecule has 1 aliphatic heterocycles. The Kier molecular flexibility index (Phi) is 4.94. The smallest absolute Gasteiger partial charge is 0.270 e. The third-order valence-corrected chi connectivity index (χ3v) is 4.86. The number of nitrogens with one attached hydrogen (secondary N) is 1. The van der Waals surface area contributed by atoms with Crippen LogP contribution in [-0.2, 0) is 11.5 Å². The largest absolute Gasteiger partial charge is 0.309 e. The van der Waals surface area contributed by atoms with Crippen LogP contribution in [0.5, 0.6) is 0 Å². The summed E-state index contributed by atoms with van der Waals surface area (Å²) in [5.41, 5.74) is 0.877. The fourth-order valence-electron chi connectivity index (χ4n) is 3.48. The van der Waals surface area contributed by atoms with Crippen molar-refractivity contribution < 1.29 is 9.72 Å². The Bertz CT molecular complexity index is 1000. The van der Waals surface area contributed by atoms with E-state index in [4.69, 9.17) is 0 Å². The van der Waals surface area contributed by atoms with Crippen LogP contribution in [0, 0.1) is 16.0 Å². The number of benzene rings is 1. The first kappa shape index (κ1) is 18.0. The van der Waals surface area contributed by atoms with Gasteiger partial charge in [-0.05, 0) is 25.5 Å². The number of nitrogens with zero attached hydrogens (tertiary/aromatic N) is 6.